The summed E-state index contributed by atoms with van der Waals surface area (Å²) in [7, 11) is 0. The number of ether oxygens (including phenoxy) is 2. The average molecular weight is 330 g/mol. The fourth-order valence-corrected chi connectivity index (χ4v) is 4.18. The van der Waals surface area contributed by atoms with Crippen LogP contribution in [0.15, 0.2) is 30.3 Å². The summed E-state index contributed by atoms with van der Waals surface area (Å²) < 4.78 is 11.4. The normalized spacial score (nSPS) is 32.2. The number of rotatable bonds is 4. The Labute approximate surface area is 145 Å². The summed E-state index contributed by atoms with van der Waals surface area (Å²) in [5, 5.41) is 0. The Kier molecular flexibility index (Phi) is 4.50. The summed E-state index contributed by atoms with van der Waals surface area (Å²) in [5.41, 5.74) is 0.933. The fourth-order valence-electron chi connectivity index (χ4n) is 4.18. The Balaban J connectivity index is 1.78. The molecule has 1 aliphatic heterocycles. The minimum atomic E-state index is -0.393. The maximum atomic E-state index is 12.5. The predicted octanol–water partition coefficient (Wildman–Crippen LogP) is 4.49. The maximum absolute atomic E-state index is 12.5. The molecule has 1 saturated carbocycles. The molecule has 0 N–H and O–H groups in total. The van der Waals surface area contributed by atoms with Gasteiger partial charge in [0.25, 0.3) is 0 Å². The van der Waals surface area contributed by atoms with Crippen molar-refractivity contribution in [1.29, 1.82) is 0 Å². The van der Waals surface area contributed by atoms with Crippen molar-refractivity contribution < 1.29 is 14.3 Å². The molecule has 3 nitrogen and oxygen atoms in total. The highest BCUT2D eigenvalue weighted by atomic mass is 16.7. The quantitative estimate of drug-likeness (QED) is 0.603. The lowest BCUT2D eigenvalue weighted by Gasteiger charge is -2.44. The second-order valence-electron chi connectivity index (χ2n) is 8.69. The third-order valence-corrected chi connectivity index (χ3v) is 5.98. The number of hydrogen-bond donors (Lipinski definition) is 0. The van der Waals surface area contributed by atoms with E-state index in [0.717, 1.165) is 12.8 Å². The fraction of sp³-hybridized carbons (Fsp3) is 0.667. The van der Waals surface area contributed by atoms with Gasteiger partial charge in [0.15, 0.2) is 6.10 Å². The van der Waals surface area contributed by atoms with Crippen molar-refractivity contribution in [2.75, 3.05) is 0 Å². The second kappa shape index (κ2) is 6.18. The van der Waals surface area contributed by atoms with Crippen molar-refractivity contribution in [2.24, 2.45) is 11.8 Å². The van der Waals surface area contributed by atoms with Gasteiger partial charge in [0.05, 0.1) is 0 Å². The Morgan fingerprint density at radius 3 is 2.42 bits per heavy atom. The lowest BCUT2D eigenvalue weighted by atomic mass is 9.64. The highest BCUT2D eigenvalue weighted by molar-refractivity contribution is 5.79. The SMILES string of the molecule is C[C@@H]1CC[C@@H](C(C)(C)c2ccccc2)[C@H](OC(=O)C2OC2(C)C)C1. The first-order chi connectivity index (χ1) is 11.2. The summed E-state index contributed by atoms with van der Waals surface area (Å²) in [6, 6.07) is 10.6. The van der Waals surface area contributed by atoms with Gasteiger partial charge in [-0.15, -0.1) is 0 Å². The molecule has 1 heterocycles. The van der Waals surface area contributed by atoms with Crippen molar-refractivity contribution in [3.8, 4) is 0 Å². The molecule has 3 heteroatoms. The van der Waals surface area contributed by atoms with E-state index in [4.69, 9.17) is 9.47 Å². The highest BCUT2D eigenvalue weighted by Crippen LogP contribution is 2.44. The first-order valence-corrected chi connectivity index (χ1v) is 9.15. The van der Waals surface area contributed by atoms with Crippen molar-refractivity contribution in [3.05, 3.63) is 35.9 Å². The molecule has 1 aliphatic carbocycles. The predicted molar refractivity (Wildman–Crippen MR) is 94.8 cm³/mol. The minimum absolute atomic E-state index is 0.0216. The summed E-state index contributed by atoms with van der Waals surface area (Å²) in [6.45, 7) is 10.7. The van der Waals surface area contributed by atoms with E-state index in [-0.39, 0.29) is 23.1 Å². The number of hydrogen-bond acceptors (Lipinski definition) is 3. The highest BCUT2D eigenvalue weighted by Gasteiger charge is 2.55. The van der Waals surface area contributed by atoms with E-state index in [2.05, 4.69) is 45.0 Å². The van der Waals surface area contributed by atoms with E-state index >= 15 is 0 Å². The van der Waals surface area contributed by atoms with Gasteiger partial charge >= 0.3 is 5.97 Å². The van der Waals surface area contributed by atoms with Crippen LogP contribution in [0.1, 0.15) is 59.4 Å². The van der Waals surface area contributed by atoms with E-state index in [1.54, 1.807) is 0 Å². The lowest BCUT2D eigenvalue weighted by molar-refractivity contribution is -0.158. The molecule has 0 spiro atoms. The first-order valence-electron chi connectivity index (χ1n) is 9.15. The molecule has 24 heavy (non-hydrogen) atoms. The molecule has 0 bridgehead atoms. The summed E-state index contributed by atoms with van der Waals surface area (Å²) >= 11 is 0. The standard InChI is InChI=1S/C21H30O3/c1-14-11-12-16(20(2,3)15-9-7-6-8-10-15)17(13-14)23-19(22)18-21(4,5)24-18/h6-10,14,16-18H,11-13H2,1-5H3/t14-,16-,17-,18?/m1/s1. The van der Waals surface area contributed by atoms with Gasteiger partial charge in [-0.25, -0.2) is 4.79 Å². The average Bonchev–Trinajstić information content (AvgIpc) is 3.17. The molecule has 1 saturated heterocycles. The third-order valence-electron chi connectivity index (χ3n) is 5.98. The summed E-state index contributed by atoms with van der Waals surface area (Å²) in [4.78, 5) is 12.5. The van der Waals surface area contributed by atoms with Crippen molar-refractivity contribution >= 4 is 5.97 Å². The number of esters is 1. The zero-order valence-corrected chi connectivity index (χ0v) is 15.5. The van der Waals surface area contributed by atoms with Crippen LogP contribution in [0, 0.1) is 11.8 Å². The Bertz CT molecular complexity index is 590. The van der Waals surface area contributed by atoms with Crippen LogP contribution in [-0.2, 0) is 19.7 Å². The van der Waals surface area contributed by atoms with Crippen LogP contribution in [0.4, 0.5) is 0 Å². The molecule has 0 aromatic heterocycles. The van der Waals surface area contributed by atoms with Gasteiger partial charge in [0.2, 0.25) is 0 Å². The second-order valence-corrected chi connectivity index (χ2v) is 8.69. The topological polar surface area (TPSA) is 38.8 Å². The molecule has 1 aromatic rings. The molecule has 3 rings (SSSR count). The molecular weight excluding hydrogens is 300 g/mol. The van der Waals surface area contributed by atoms with E-state index in [1.165, 1.54) is 12.0 Å². The van der Waals surface area contributed by atoms with Crippen LogP contribution >= 0.6 is 0 Å². The summed E-state index contributed by atoms with van der Waals surface area (Å²) in [6.07, 6.45) is 2.81. The molecule has 2 aliphatic rings. The van der Waals surface area contributed by atoms with Gasteiger partial charge in [-0.05, 0) is 43.6 Å². The Morgan fingerprint density at radius 1 is 1.21 bits per heavy atom. The van der Waals surface area contributed by atoms with Crippen LogP contribution in [0.25, 0.3) is 0 Å². The molecule has 1 unspecified atom stereocenters. The van der Waals surface area contributed by atoms with Gasteiger partial charge in [0, 0.05) is 5.92 Å². The number of carbonyl (C=O) groups is 1. The van der Waals surface area contributed by atoms with Gasteiger partial charge in [0.1, 0.15) is 11.7 Å². The van der Waals surface area contributed by atoms with Crippen LogP contribution < -0.4 is 0 Å². The molecule has 1 aromatic carbocycles. The Morgan fingerprint density at radius 2 is 1.83 bits per heavy atom. The Hall–Kier alpha value is -1.35. The maximum Gasteiger partial charge on any atom is 0.338 e. The molecule has 0 radical (unpaired) electrons. The van der Waals surface area contributed by atoms with Crippen molar-refractivity contribution in [2.45, 2.75) is 77.1 Å². The van der Waals surface area contributed by atoms with E-state index in [1.807, 2.05) is 19.9 Å². The zero-order valence-electron chi connectivity index (χ0n) is 15.5. The molecule has 4 atom stereocenters. The van der Waals surface area contributed by atoms with Gasteiger partial charge in [-0.2, -0.15) is 0 Å². The van der Waals surface area contributed by atoms with Gasteiger partial charge in [-0.1, -0.05) is 57.5 Å². The number of benzene rings is 1. The first kappa shape index (κ1) is 17.5. The minimum Gasteiger partial charge on any atom is -0.460 e. The van der Waals surface area contributed by atoms with Crippen molar-refractivity contribution in [3.63, 3.8) is 0 Å². The van der Waals surface area contributed by atoms with Crippen LogP contribution in [0.5, 0.6) is 0 Å². The number of epoxide rings is 1. The molecule has 0 amide bonds. The van der Waals surface area contributed by atoms with Crippen LogP contribution in [0.2, 0.25) is 0 Å². The van der Waals surface area contributed by atoms with Crippen molar-refractivity contribution in [1.82, 2.24) is 0 Å². The van der Waals surface area contributed by atoms with Crippen LogP contribution in [-0.4, -0.2) is 23.8 Å². The smallest absolute Gasteiger partial charge is 0.338 e. The van der Waals surface area contributed by atoms with E-state index < -0.39 is 6.10 Å². The largest absolute Gasteiger partial charge is 0.460 e. The monoisotopic (exact) mass is 330 g/mol. The molecular formula is C21H30O3. The lowest BCUT2D eigenvalue weighted by Crippen LogP contribution is -2.44. The van der Waals surface area contributed by atoms with Gasteiger partial charge < -0.3 is 9.47 Å². The van der Waals surface area contributed by atoms with Crippen LogP contribution in [0.3, 0.4) is 0 Å². The van der Waals surface area contributed by atoms with E-state index in [0.29, 0.717) is 11.8 Å². The number of carbonyl (C=O) groups excluding carboxylic acids is 1. The molecule has 132 valence electrons. The molecule has 2 fully saturated rings. The van der Waals surface area contributed by atoms with E-state index in [9.17, 15) is 4.79 Å². The summed E-state index contributed by atoms with van der Waals surface area (Å²) in [5.74, 6) is 0.744. The van der Waals surface area contributed by atoms with Gasteiger partial charge in [-0.3, -0.25) is 0 Å². The third kappa shape index (κ3) is 3.37. The zero-order chi connectivity index (χ0) is 17.5.